The normalized spacial score (nSPS) is 19.7. The average Bonchev–Trinajstić information content (AvgIpc) is 3.39. The Morgan fingerprint density at radius 1 is 0.781 bits per heavy atom. The topological polar surface area (TPSA) is 12.5 Å². The van der Waals surface area contributed by atoms with Crippen molar-refractivity contribution in [3.8, 4) is 5.75 Å². The Morgan fingerprint density at radius 3 is 2.34 bits per heavy atom. The quantitative estimate of drug-likeness (QED) is 0.257. The first-order chi connectivity index (χ1) is 15.7. The van der Waals surface area contributed by atoms with Crippen LogP contribution in [0.5, 0.6) is 5.75 Å². The monoisotopic (exact) mass is 529 g/mol. The number of nitrogens with zero attached hydrogens (tertiary/aromatic N) is 1. The van der Waals surface area contributed by atoms with Gasteiger partial charge < -0.3 is 9.64 Å². The van der Waals surface area contributed by atoms with Gasteiger partial charge in [-0.15, -0.1) is 0 Å². The number of hydrogen-bond acceptors (Lipinski definition) is 2. The molecular formula is C29H24INO. The molecule has 0 spiro atoms. The second-order valence-electron chi connectivity index (χ2n) is 8.59. The first-order valence-electron chi connectivity index (χ1n) is 11.3. The Morgan fingerprint density at radius 2 is 1.53 bits per heavy atom. The van der Waals surface area contributed by atoms with Crippen molar-refractivity contribution in [1.82, 2.24) is 0 Å². The summed E-state index contributed by atoms with van der Waals surface area (Å²) >= 11 is 2.43. The number of anilines is 1. The van der Waals surface area contributed by atoms with Gasteiger partial charge in [0.1, 0.15) is 5.75 Å². The first-order valence-corrected chi connectivity index (χ1v) is 12.3. The SMILES string of the molecule is Ic1ccccc1C1(c2ccc(N3CCCC3)cc2)C=Cc2c(ccc3ccccc23)O1. The minimum Gasteiger partial charge on any atom is -0.473 e. The van der Waals surface area contributed by atoms with Crippen LogP contribution >= 0.6 is 22.6 Å². The lowest BCUT2D eigenvalue weighted by Gasteiger charge is -2.37. The highest BCUT2D eigenvalue weighted by molar-refractivity contribution is 14.1. The molecule has 0 aliphatic carbocycles. The number of hydrogen-bond donors (Lipinski definition) is 0. The molecule has 2 aliphatic rings. The van der Waals surface area contributed by atoms with E-state index in [4.69, 9.17) is 4.74 Å². The second-order valence-corrected chi connectivity index (χ2v) is 9.75. The summed E-state index contributed by atoms with van der Waals surface area (Å²) in [4.78, 5) is 2.47. The molecule has 1 atom stereocenters. The summed E-state index contributed by atoms with van der Waals surface area (Å²) in [5.41, 5.74) is 4.12. The molecule has 2 aliphatic heterocycles. The van der Waals surface area contributed by atoms with Crippen molar-refractivity contribution < 1.29 is 4.74 Å². The molecule has 0 bridgehead atoms. The number of ether oxygens (including phenoxy) is 1. The number of halogens is 1. The van der Waals surface area contributed by atoms with Crippen molar-refractivity contribution in [1.29, 1.82) is 0 Å². The van der Waals surface area contributed by atoms with E-state index < -0.39 is 5.60 Å². The van der Waals surface area contributed by atoms with E-state index in [1.54, 1.807) is 0 Å². The fourth-order valence-electron chi connectivity index (χ4n) is 5.06. The van der Waals surface area contributed by atoms with Crippen LogP contribution in [0.25, 0.3) is 16.8 Å². The van der Waals surface area contributed by atoms with E-state index in [2.05, 4.69) is 125 Å². The van der Waals surface area contributed by atoms with Crippen LogP contribution in [-0.2, 0) is 5.60 Å². The van der Waals surface area contributed by atoms with Gasteiger partial charge in [-0.25, -0.2) is 0 Å². The minimum absolute atomic E-state index is 0.656. The largest absolute Gasteiger partial charge is 0.473 e. The third-order valence-electron chi connectivity index (χ3n) is 6.73. The predicted molar refractivity (Wildman–Crippen MR) is 141 cm³/mol. The van der Waals surface area contributed by atoms with Gasteiger partial charge in [-0.3, -0.25) is 0 Å². The summed E-state index contributed by atoms with van der Waals surface area (Å²) in [5, 5.41) is 2.46. The molecule has 0 radical (unpaired) electrons. The van der Waals surface area contributed by atoms with Gasteiger partial charge in [-0.2, -0.15) is 0 Å². The van der Waals surface area contributed by atoms with Crippen LogP contribution in [0.1, 0.15) is 29.5 Å². The van der Waals surface area contributed by atoms with Gasteiger partial charge >= 0.3 is 0 Å². The summed E-state index contributed by atoms with van der Waals surface area (Å²) in [6.45, 7) is 2.30. The third kappa shape index (κ3) is 3.22. The van der Waals surface area contributed by atoms with E-state index >= 15 is 0 Å². The lowest BCUT2D eigenvalue weighted by molar-refractivity contribution is 0.160. The van der Waals surface area contributed by atoms with Crippen molar-refractivity contribution in [2.24, 2.45) is 0 Å². The Hall–Kier alpha value is -2.79. The van der Waals surface area contributed by atoms with Crippen molar-refractivity contribution in [3.05, 3.63) is 111 Å². The zero-order valence-electron chi connectivity index (χ0n) is 17.8. The highest BCUT2D eigenvalue weighted by atomic mass is 127. The maximum atomic E-state index is 6.94. The third-order valence-corrected chi connectivity index (χ3v) is 7.67. The fraction of sp³-hybridized carbons (Fsp3) is 0.172. The maximum absolute atomic E-state index is 6.94. The molecule has 4 aromatic carbocycles. The molecule has 1 unspecified atom stereocenters. The van der Waals surface area contributed by atoms with Crippen molar-refractivity contribution in [3.63, 3.8) is 0 Å². The highest BCUT2D eigenvalue weighted by Crippen LogP contribution is 2.45. The van der Waals surface area contributed by atoms with Crippen LogP contribution in [0.3, 0.4) is 0 Å². The molecular weight excluding hydrogens is 505 g/mol. The minimum atomic E-state index is -0.656. The summed E-state index contributed by atoms with van der Waals surface area (Å²) in [6.07, 6.45) is 7.05. The van der Waals surface area contributed by atoms with Gasteiger partial charge in [-0.05, 0) is 82.6 Å². The first kappa shape index (κ1) is 19.9. The molecule has 3 heteroatoms. The lowest BCUT2D eigenvalue weighted by atomic mass is 9.83. The standard InChI is InChI=1S/C29H24INO/c30-27-10-4-3-9-26(27)29(22-12-14-23(15-13-22)31-19-5-6-20-31)18-17-25-24-8-2-1-7-21(24)11-16-28(25)32-29/h1-4,7-18H,5-6,19-20H2. The van der Waals surface area contributed by atoms with Crippen LogP contribution in [0.2, 0.25) is 0 Å². The van der Waals surface area contributed by atoms with Crippen LogP contribution in [0.15, 0.2) is 91.0 Å². The highest BCUT2D eigenvalue weighted by Gasteiger charge is 2.38. The Balaban J connectivity index is 1.50. The Kier molecular flexibility index (Phi) is 4.94. The van der Waals surface area contributed by atoms with Gasteiger partial charge in [0.25, 0.3) is 0 Å². The Bertz CT molecular complexity index is 1320. The van der Waals surface area contributed by atoms with Gasteiger partial charge in [0.15, 0.2) is 5.60 Å². The summed E-state index contributed by atoms with van der Waals surface area (Å²) < 4.78 is 8.14. The summed E-state index contributed by atoms with van der Waals surface area (Å²) in [7, 11) is 0. The molecule has 0 N–H and O–H groups in total. The number of benzene rings is 4. The van der Waals surface area contributed by atoms with E-state index in [0.717, 1.165) is 30.0 Å². The number of rotatable bonds is 3. The van der Waals surface area contributed by atoms with Crippen LogP contribution in [-0.4, -0.2) is 13.1 Å². The Labute approximate surface area is 202 Å². The zero-order valence-corrected chi connectivity index (χ0v) is 20.0. The molecule has 158 valence electrons. The second kappa shape index (κ2) is 7.96. The molecule has 0 amide bonds. The van der Waals surface area contributed by atoms with E-state index in [0.29, 0.717) is 0 Å². The molecule has 1 saturated heterocycles. The molecule has 1 fully saturated rings. The molecule has 0 saturated carbocycles. The molecule has 32 heavy (non-hydrogen) atoms. The van der Waals surface area contributed by atoms with Crippen molar-refractivity contribution in [2.75, 3.05) is 18.0 Å². The van der Waals surface area contributed by atoms with Gasteiger partial charge in [0, 0.05) is 39.0 Å². The molecule has 0 aromatic heterocycles. The van der Waals surface area contributed by atoms with E-state index in [1.807, 2.05) is 0 Å². The van der Waals surface area contributed by atoms with E-state index in [9.17, 15) is 0 Å². The van der Waals surface area contributed by atoms with Crippen LogP contribution < -0.4 is 9.64 Å². The molecule has 2 heterocycles. The van der Waals surface area contributed by atoms with E-state index in [-0.39, 0.29) is 0 Å². The summed E-state index contributed by atoms with van der Waals surface area (Å²) in [5.74, 6) is 0.925. The van der Waals surface area contributed by atoms with Crippen LogP contribution in [0.4, 0.5) is 5.69 Å². The van der Waals surface area contributed by atoms with Crippen LogP contribution in [0, 0.1) is 3.57 Å². The van der Waals surface area contributed by atoms with E-state index in [1.165, 1.54) is 38.4 Å². The molecule has 2 nitrogen and oxygen atoms in total. The van der Waals surface area contributed by atoms with Gasteiger partial charge in [0.2, 0.25) is 0 Å². The molecule has 6 rings (SSSR count). The van der Waals surface area contributed by atoms with Gasteiger partial charge in [0.05, 0.1) is 0 Å². The average molecular weight is 529 g/mol. The van der Waals surface area contributed by atoms with Crippen molar-refractivity contribution in [2.45, 2.75) is 18.4 Å². The number of fused-ring (bicyclic) bond motifs is 3. The summed E-state index contributed by atoms with van der Waals surface area (Å²) in [6, 6.07) is 30.3. The van der Waals surface area contributed by atoms with Crippen molar-refractivity contribution >= 4 is 45.1 Å². The fourth-order valence-corrected chi connectivity index (χ4v) is 5.85. The predicted octanol–water partition coefficient (Wildman–Crippen LogP) is 7.39. The smallest absolute Gasteiger partial charge is 0.179 e. The maximum Gasteiger partial charge on any atom is 0.179 e. The lowest BCUT2D eigenvalue weighted by Crippen LogP contribution is -2.35. The van der Waals surface area contributed by atoms with Gasteiger partial charge in [-0.1, -0.05) is 60.7 Å². The molecule has 4 aromatic rings. The zero-order chi connectivity index (χ0) is 21.5.